The molecule has 1 aromatic heterocycles. The highest BCUT2D eigenvalue weighted by Gasteiger charge is 2.10. The molecule has 0 saturated carbocycles. The van der Waals surface area contributed by atoms with E-state index >= 15 is 0 Å². The zero-order valence-electron chi connectivity index (χ0n) is 11.0. The first kappa shape index (κ1) is 13.5. The van der Waals surface area contributed by atoms with Crippen LogP contribution in [0.3, 0.4) is 0 Å². The van der Waals surface area contributed by atoms with Crippen molar-refractivity contribution in [1.29, 1.82) is 0 Å². The topological polar surface area (TPSA) is 42.1 Å². The highest BCUT2D eigenvalue weighted by Crippen LogP contribution is 2.24. The molecule has 0 aliphatic rings. The van der Waals surface area contributed by atoms with Crippen LogP contribution in [0.2, 0.25) is 0 Å². The Morgan fingerprint density at radius 3 is 2.47 bits per heavy atom. The molecule has 3 nitrogen and oxygen atoms in total. The third-order valence-corrected chi connectivity index (χ3v) is 2.92. The van der Waals surface area contributed by atoms with Crippen LogP contribution in [0.5, 0.6) is 0 Å². The van der Waals surface area contributed by atoms with Crippen LogP contribution in [0.25, 0.3) is 0 Å². The van der Waals surface area contributed by atoms with Gasteiger partial charge in [0.05, 0.1) is 6.20 Å². The molecule has 0 bridgehead atoms. The van der Waals surface area contributed by atoms with Crippen molar-refractivity contribution >= 4 is 11.5 Å². The molecule has 0 amide bonds. The van der Waals surface area contributed by atoms with Gasteiger partial charge in [-0.25, -0.2) is 9.37 Å². The lowest BCUT2D eigenvalue weighted by Crippen LogP contribution is -2.21. The number of nitrogens with zero attached hydrogens (tertiary/aromatic N) is 2. The zero-order valence-corrected chi connectivity index (χ0v) is 11.0. The Kier molecular flexibility index (Phi) is 4.47. The van der Waals surface area contributed by atoms with Crippen LogP contribution in [0.15, 0.2) is 42.6 Å². The van der Waals surface area contributed by atoms with E-state index < -0.39 is 0 Å². The molecule has 2 aromatic rings. The lowest BCUT2D eigenvalue weighted by molar-refractivity contribution is 0.621. The Hall–Kier alpha value is -1.94. The first-order valence-corrected chi connectivity index (χ1v) is 6.36. The largest absolute Gasteiger partial charge is 0.330 e. The van der Waals surface area contributed by atoms with Crippen LogP contribution < -0.4 is 10.6 Å². The standard InChI is InChI=1S/C15H18FN3/c1-12-3-6-14(7-4-12)19(10-2-9-17)15-8-5-13(16)11-18-15/h3-8,11H,2,9-10,17H2,1H3. The molecule has 1 aromatic carbocycles. The number of hydrogen-bond acceptors (Lipinski definition) is 3. The molecule has 2 rings (SSSR count). The average molecular weight is 259 g/mol. The molecule has 0 spiro atoms. The van der Waals surface area contributed by atoms with Crippen molar-refractivity contribution in [3.63, 3.8) is 0 Å². The summed E-state index contributed by atoms with van der Waals surface area (Å²) in [5, 5.41) is 0. The third-order valence-electron chi connectivity index (χ3n) is 2.92. The van der Waals surface area contributed by atoms with Crippen LogP contribution in [0, 0.1) is 12.7 Å². The number of rotatable bonds is 5. The smallest absolute Gasteiger partial charge is 0.141 e. The fourth-order valence-electron chi connectivity index (χ4n) is 1.88. The van der Waals surface area contributed by atoms with Crippen molar-refractivity contribution in [2.75, 3.05) is 18.0 Å². The predicted molar refractivity (Wildman–Crippen MR) is 76.1 cm³/mol. The monoisotopic (exact) mass is 259 g/mol. The van der Waals surface area contributed by atoms with Crippen molar-refractivity contribution in [3.8, 4) is 0 Å². The second kappa shape index (κ2) is 6.29. The first-order chi connectivity index (χ1) is 9.20. The molecule has 0 saturated heterocycles. The number of aryl methyl sites for hydroxylation is 1. The van der Waals surface area contributed by atoms with Gasteiger partial charge in [-0.3, -0.25) is 0 Å². The first-order valence-electron chi connectivity index (χ1n) is 6.36. The number of nitrogens with two attached hydrogens (primary N) is 1. The highest BCUT2D eigenvalue weighted by molar-refractivity contribution is 5.60. The average Bonchev–Trinajstić information content (AvgIpc) is 2.43. The summed E-state index contributed by atoms with van der Waals surface area (Å²) in [5.41, 5.74) is 7.82. The van der Waals surface area contributed by atoms with Gasteiger partial charge in [0.2, 0.25) is 0 Å². The number of anilines is 2. The molecule has 0 aliphatic heterocycles. The van der Waals surface area contributed by atoms with E-state index in [1.807, 2.05) is 36.1 Å². The maximum absolute atomic E-state index is 13.0. The molecule has 0 unspecified atom stereocenters. The number of hydrogen-bond donors (Lipinski definition) is 1. The van der Waals surface area contributed by atoms with Crippen molar-refractivity contribution in [2.45, 2.75) is 13.3 Å². The second-order valence-electron chi connectivity index (χ2n) is 4.46. The van der Waals surface area contributed by atoms with E-state index in [-0.39, 0.29) is 5.82 Å². The molecule has 0 radical (unpaired) electrons. The van der Waals surface area contributed by atoms with E-state index in [1.54, 1.807) is 6.07 Å². The van der Waals surface area contributed by atoms with E-state index in [0.29, 0.717) is 6.54 Å². The van der Waals surface area contributed by atoms with Gasteiger partial charge in [0.15, 0.2) is 0 Å². The van der Waals surface area contributed by atoms with Crippen molar-refractivity contribution in [1.82, 2.24) is 4.98 Å². The zero-order chi connectivity index (χ0) is 13.7. The van der Waals surface area contributed by atoms with Crippen LogP contribution in [0.1, 0.15) is 12.0 Å². The van der Waals surface area contributed by atoms with Gasteiger partial charge in [-0.15, -0.1) is 0 Å². The van der Waals surface area contributed by atoms with E-state index in [0.717, 1.165) is 24.5 Å². The fraction of sp³-hybridized carbons (Fsp3) is 0.267. The Morgan fingerprint density at radius 1 is 1.16 bits per heavy atom. The highest BCUT2D eigenvalue weighted by atomic mass is 19.1. The van der Waals surface area contributed by atoms with Gasteiger partial charge in [0.25, 0.3) is 0 Å². The summed E-state index contributed by atoms with van der Waals surface area (Å²) >= 11 is 0. The van der Waals surface area contributed by atoms with Crippen LogP contribution in [0.4, 0.5) is 15.9 Å². The summed E-state index contributed by atoms with van der Waals surface area (Å²) in [6.45, 7) is 3.42. The summed E-state index contributed by atoms with van der Waals surface area (Å²) in [5.74, 6) is 0.408. The molecular formula is C15H18FN3. The minimum Gasteiger partial charge on any atom is -0.330 e. The fourth-order valence-corrected chi connectivity index (χ4v) is 1.88. The molecule has 2 N–H and O–H groups in total. The molecule has 100 valence electrons. The van der Waals surface area contributed by atoms with Crippen molar-refractivity contribution in [3.05, 3.63) is 54.0 Å². The summed E-state index contributed by atoms with van der Waals surface area (Å²) in [6, 6.07) is 11.3. The van der Waals surface area contributed by atoms with Crippen LogP contribution in [-0.2, 0) is 0 Å². The van der Waals surface area contributed by atoms with Gasteiger partial charge < -0.3 is 10.6 Å². The minimum atomic E-state index is -0.327. The van der Waals surface area contributed by atoms with E-state index in [2.05, 4.69) is 4.98 Å². The summed E-state index contributed by atoms with van der Waals surface area (Å²) in [6.07, 6.45) is 2.09. The molecule has 19 heavy (non-hydrogen) atoms. The number of aromatic nitrogens is 1. The lowest BCUT2D eigenvalue weighted by Gasteiger charge is -2.23. The Balaban J connectivity index is 2.29. The van der Waals surface area contributed by atoms with Gasteiger partial charge in [-0.05, 0) is 44.2 Å². The van der Waals surface area contributed by atoms with E-state index in [9.17, 15) is 4.39 Å². The molecule has 0 fully saturated rings. The van der Waals surface area contributed by atoms with Gasteiger partial charge in [-0.2, -0.15) is 0 Å². The molecule has 4 heteroatoms. The van der Waals surface area contributed by atoms with Gasteiger partial charge in [0, 0.05) is 12.2 Å². The minimum absolute atomic E-state index is 0.327. The van der Waals surface area contributed by atoms with Gasteiger partial charge in [0.1, 0.15) is 11.6 Å². The Bertz CT molecular complexity index is 462. The Labute approximate surface area is 112 Å². The quantitative estimate of drug-likeness (QED) is 0.897. The molecule has 1 heterocycles. The number of halogens is 1. The number of pyridine rings is 1. The summed E-state index contributed by atoms with van der Waals surface area (Å²) < 4.78 is 13.0. The molecular weight excluding hydrogens is 241 g/mol. The van der Waals surface area contributed by atoms with Crippen molar-refractivity contribution < 1.29 is 4.39 Å². The number of benzene rings is 1. The predicted octanol–water partition coefficient (Wildman–Crippen LogP) is 3.02. The SMILES string of the molecule is Cc1ccc(N(CCCN)c2ccc(F)cn2)cc1. The van der Waals surface area contributed by atoms with E-state index in [1.165, 1.54) is 17.8 Å². The van der Waals surface area contributed by atoms with Crippen molar-refractivity contribution in [2.24, 2.45) is 5.73 Å². The lowest BCUT2D eigenvalue weighted by atomic mass is 10.2. The maximum Gasteiger partial charge on any atom is 0.141 e. The normalized spacial score (nSPS) is 10.5. The van der Waals surface area contributed by atoms with Gasteiger partial charge in [-0.1, -0.05) is 17.7 Å². The third kappa shape index (κ3) is 3.51. The Morgan fingerprint density at radius 2 is 1.89 bits per heavy atom. The maximum atomic E-state index is 13.0. The van der Waals surface area contributed by atoms with Crippen LogP contribution >= 0.6 is 0 Å². The second-order valence-corrected chi connectivity index (χ2v) is 4.46. The van der Waals surface area contributed by atoms with E-state index in [4.69, 9.17) is 5.73 Å². The van der Waals surface area contributed by atoms with Crippen LogP contribution in [-0.4, -0.2) is 18.1 Å². The molecule has 0 aliphatic carbocycles. The molecule has 0 atom stereocenters. The summed E-state index contributed by atoms with van der Waals surface area (Å²) in [7, 11) is 0. The van der Waals surface area contributed by atoms with Gasteiger partial charge >= 0.3 is 0 Å². The summed E-state index contributed by atoms with van der Waals surface area (Å²) in [4.78, 5) is 6.19.